The molecule has 18 heavy (non-hydrogen) atoms. The summed E-state index contributed by atoms with van der Waals surface area (Å²) in [4.78, 5) is 14.4. The van der Waals surface area contributed by atoms with E-state index in [1.54, 1.807) is 0 Å². The SMILES string of the molecule is NC[C@@H]1CCN(C(=O)[C@@H]2COc3ccccc32)C1. The Balaban J connectivity index is 1.75. The second kappa shape index (κ2) is 4.61. The highest BCUT2D eigenvalue weighted by atomic mass is 16.5. The molecule has 1 aromatic rings. The molecule has 1 aromatic carbocycles. The molecule has 1 amide bonds. The van der Waals surface area contributed by atoms with Gasteiger partial charge in [-0.05, 0) is 24.9 Å². The second-order valence-electron chi connectivity index (χ2n) is 5.08. The van der Waals surface area contributed by atoms with Crippen molar-refractivity contribution in [3.8, 4) is 5.75 Å². The molecule has 0 unspecified atom stereocenters. The molecule has 4 nitrogen and oxygen atoms in total. The van der Waals surface area contributed by atoms with Crippen LogP contribution in [-0.2, 0) is 4.79 Å². The average Bonchev–Trinajstić information content (AvgIpc) is 3.04. The Bertz CT molecular complexity index is 461. The summed E-state index contributed by atoms with van der Waals surface area (Å²) >= 11 is 0. The standard InChI is InChI=1S/C14H18N2O2/c15-7-10-5-6-16(8-10)14(17)12-9-18-13-4-2-1-3-11(12)13/h1-4,10,12H,5-9,15H2/t10-,12+/m0/s1. The number of benzene rings is 1. The monoisotopic (exact) mass is 246 g/mol. The molecule has 0 radical (unpaired) electrons. The number of fused-ring (bicyclic) bond motifs is 1. The normalized spacial score (nSPS) is 25.9. The van der Waals surface area contributed by atoms with Crippen molar-refractivity contribution in [1.82, 2.24) is 4.90 Å². The van der Waals surface area contributed by atoms with Crippen molar-refractivity contribution in [3.63, 3.8) is 0 Å². The molecule has 3 rings (SSSR count). The zero-order valence-electron chi connectivity index (χ0n) is 10.3. The molecule has 0 spiro atoms. The largest absolute Gasteiger partial charge is 0.492 e. The van der Waals surface area contributed by atoms with Crippen LogP contribution in [0.25, 0.3) is 0 Å². The van der Waals surface area contributed by atoms with E-state index in [0.29, 0.717) is 19.1 Å². The number of rotatable bonds is 2. The lowest BCUT2D eigenvalue weighted by atomic mass is 10.00. The van der Waals surface area contributed by atoms with Gasteiger partial charge in [-0.2, -0.15) is 0 Å². The van der Waals surface area contributed by atoms with Crippen LogP contribution in [0.2, 0.25) is 0 Å². The minimum absolute atomic E-state index is 0.127. The van der Waals surface area contributed by atoms with Crippen LogP contribution in [0.15, 0.2) is 24.3 Å². The molecule has 2 aliphatic rings. The van der Waals surface area contributed by atoms with Gasteiger partial charge in [-0.3, -0.25) is 4.79 Å². The maximum Gasteiger partial charge on any atom is 0.233 e. The highest BCUT2D eigenvalue weighted by Crippen LogP contribution is 2.35. The van der Waals surface area contributed by atoms with Crippen molar-refractivity contribution in [3.05, 3.63) is 29.8 Å². The Kier molecular flexibility index (Phi) is 2.96. The summed E-state index contributed by atoms with van der Waals surface area (Å²) in [5.74, 6) is 1.38. The van der Waals surface area contributed by atoms with Crippen LogP contribution in [0.3, 0.4) is 0 Å². The van der Waals surface area contributed by atoms with Gasteiger partial charge in [-0.1, -0.05) is 18.2 Å². The summed E-state index contributed by atoms with van der Waals surface area (Å²) in [5, 5.41) is 0. The van der Waals surface area contributed by atoms with Crippen LogP contribution >= 0.6 is 0 Å². The lowest BCUT2D eigenvalue weighted by Gasteiger charge is -2.19. The van der Waals surface area contributed by atoms with Gasteiger partial charge in [0.1, 0.15) is 18.3 Å². The van der Waals surface area contributed by atoms with Crippen LogP contribution in [0.1, 0.15) is 17.9 Å². The summed E-state index contributed by atoms with van der Waals surface area (Å²) in [5.41, 5.74) is 6.69. The molecule has 96 valence electrons. The summed E-state index contributed by atoms with van der Waals surface area (Å²) in [7, 11) is 0. The van der Waals surface area contributed by atoms with E-state index in [9.17, 15) is 4.79 Å². The third-order valence-corrected chi connectivity index (χ3v) is 3.93. The Morgan fingerprint density at radius 1 is 1.44 bits per heavy atom. The van der Waals surface area contributed by atoms with E-state index in [4.69, 9.17) is 10.5 Å². The zero-order valence-corrected chi connectivity index (χ0v) is 10.3. The minimum atomic E-state index is -0.127. The van der Waals surface area contributed by atoms with Crippen LogP contribution < -0.4 is 10.5 Å². The van der Waals surface area contributed by atoms with Crippen LogP contribution in [0, 0.1) is 5.92 Å². The van der Waals surface area contributed by atoms with E-state index in [0.717, 1.165) is 30.8 Å². The van der Waals surface area contributed by atoms with Crippen molar-refractivity contribution in [1.29, 1.82) is 0 Å². The average molecular weight is 246 g/mol. The smallest absolute Gasteiger partial charge is 0.233 e. The summed E-state index contributed by atoms with van der Waals surface area (Å²) in [6.07, 6.45) is 1.03. The lowest BCUT2D eigenvalue weighted by molar-refractivity contribution is -0.132. The van der Waals surface area contributed by atoms with E-state index >= 15 is 0 Å². The maximum atomic E-state index is 12.5. The van der Waals surface area contributed by atoms with Crippen molar-refractivity contribution < 1.29 is 9.53 Å². The molecule has 0 bridgehead atoms. The zero-order chi connectivity index (χ0) is 12.5. The Hall–Kier alpha value is -1.55. The van der Waals surface area contributed by atoms with Crippen molar-refractivity contribution >= 4 is 5.91 Å². The van der Waals surface area contributed by atoms with Gasteiger partial charge in [-0.25, -0.2) is 0 Å². The lowest BCUT2D eigenvalue weighted by Crippen LogP contribution is -2.34. The van der Waals surface area contributed by atoms with Gasteiger partial charge >= 0.3 is 0 Å². The predicted molar refractivity (Wildman–Crippen MR) is 68.4 cm³/mol. The summed E-state index contributed by atoms with van der Waals surface area (Å²) in [6.45, 7) is 2.77. The number of likely N-dealkylation sites (tertiary alicyclic amines) is 1. The quantitative estimate of drug-likeness (QED) is 0.846. The minimum Gasteiger partial charge on any atom is -0.492 e. The molecule has 2 aliphatic heterocycles. The predicted octanol–water partition coefficient (Wildman–Crippen LogP) is 0.970. The molecule has 0 aromatic heterocycles. The van der Waals surface area contributed by atoms with Gasteiger partial charge in [0.25, 0.3) is 0 Å². The Morgan fingerprint density at radius 3 is 3.06 bits per heavy atom. The third-order valence-electron chi connectivity index (χ3n) is 3.93. The highest BCUT2D eigenvalue weighted by Gasteiger charge is 2.35. The molecule has 1 saturated heterocycles. The fourth-order valence-corrected chi connectivity index (χ4v) is 2.81. The maximum absolute atomic E-state index is 12.5. The molecule has 4 heteroatoms. The number of carbonyl (C=O) groups is 1. The van der Waals surface area contributed by atoms with Crippen LogP contribution in [0.4, 0.5) is 0 Å². The number of amides is 1. The van der Waals surface area contributed by atoms with Crippen molar-refractivity contribution in [2.24, 2.45) is 11.7 Å². The summed E-state index contributed by atoms with van der Waals surface area (Å²) in [6, 6.07) is 7.81. The van der Waals surface area contributed by atoms with E-state index in [1.807, 2.05) is 29.2 Å². The van der Waals surface area contributed by atoms with Gasteiger partial charge in [0.05, 0.1) is 0 Å². The summed E-state index contributed by atoms with van der Waals surface area (Å²) < 4.78 is 5.57. The number of nitrogens with zero attached hydrogens (tertiary/aromatic N) is 1. The van der Waals surface area contributed by atoms with Gasteiger partial charge in [0.2, 0.25) is 5.91 Å². The van der Waals surface area contributed by atoms with Gasteiger partial charge in [0.15, 0.2) is 0 Å². The number of ether oxygens (including phenoxy) is 1. The Labute approximate surface area is 107 Å². The highest BCUT2D eigenvalue weighted by molar-refractivity contribution is 5.85. The third kappa shape index (κ3) is 1.86. The van der Waals surface area contributed by atoms with Crippen LogP contribution in [0.5, 0.6) is 5.75 Å². The molecule has 0 aliphatic carbocycles. The first-order valence-corrected chi connectivity index (χ1v) is 6.50. The van der Waals surface area contributed by atoms with Gasteiger partial charge < -0.3 is 15.4 Å². The van der Waals surface area contributed by atoms with E-state index in [2.05, 4.69) is 0 Å². The first kappa shape index (κ1) is 11.5. The molecule has 1 fully saturated rings. The molecule has 2 heterocycles. The number of hydrogen-bond donors (Lipinski definition) is 1. The molecular formula is C14H18N2O2. The Morgan fingerprint density at radius 2 is 2.28 bits per heavy atom. The first-order valence-electron chi connectivity index (χ1n) is 6.50. The van der Waals surface area contributed by atoms with E-state index in [-0.39, 0.29) is 11.8 Å². The van der Waals surface area contributed by atoms with Gasteiger partial charge in [-0.15, -0.1) is 0 Å². The topological polar surface area (TPSA) is 55.6 Å². The van der Waals surface area contributed by atoms with Crippen LogP contribution in [-0.4, -0.2) is 37.0 Å². The molecule has 2 N–H and O–H groups in total. The molecular weight excluding hydrogens is 228 g/mol. The van der Waals surface area contributed by atoms with Crippen molar-refractivity contribution in [2.45, 2.75) is 12.3 Å². The van der Waals surface area contributed by atoms with E-state index in [1.165, 1.54) is 0 Å². The number of para-hydroxylation sites is 1. The van der Waals surface area contributed by atoms with Crippen molar-refractivity contribution in [2.75, 3.05) is 26.2 Å². The second-order valence-corrected chi connectivity index (χ2v) is 5.08. The molecule has 2 atom stereocenters. The van der Waals surface area contributed by atoms with E-state index < -0.39 is 0 Å². The first-order chi connectivity index (χ1) is 8.79. The fourth-order valence-electron chi connectivity index (χ4n) is 2.81. The number of carbonyl (C=O) groups excluding carboxylic acids is 1. The number of nitrogens with two attached hydrogens (primary N) is 1. The fraction of sp³-hybridized carbons (Fsp3) is 0.500. The van der Waals surface area contributed by atoms with Gasteiger partial charge in [0, 0.05) is 18.7 Å². The number of hydrogen-bond acceptors (Lipinski definition) is 3. The molecule has 0 saturated carbocycles.